The van der Waals surface area contributed by atoms with Gasteiger partial charge in [-0.15, -0.1) is 0 Å². The van der Waals surface area contributed by atoms with E-state index in [1.54, 1.807) is 0 Å². The van der Waals surface area contributed by atoms with Crippen molar-refractivity contribution in [2.45, 2.75) is 50.4 Å². The minimum absolute atomic E-state index is 0.595. The molecule has 0 aromatic rings. The first-order valence-electron chi connectivity index (χ1n) is 6.10. The van der Waals surface area contributed by atoms with Gasteiger partial charge in [0.15, 0.2) is 29.6 Å². The summed E-state index contributed by atoms with van der Waals surface area (Å²) >= 11 is 3.18. The van der Waals surface area contributed by atoms with E-state index in [2.05, 4.69) is 15.9 Å². The third kappa shape index (κ3) is 4.94. The number of methoxy groups -OCH3 is 1. The zero-order valence-corrected chi connectivity index (χ0v) is 13.6. The van der Waals surface area contributed by atoms with E-state index in [-0.39, 0.29) is 0 Å². The van der Waals surface area contributed by atoms with Crippen LogP contribution in [-0.2, 0) is 38.1 Å². The van der Waals surface area contributed by atoms with Crippen molar-refractivity contribution >= 4 is 33.8 Å². The highest BCUT2D eigenvalue weighted by Crippen LogP contribution is 2.31. The Morgan fingerprint density at radius 2 is 1.29 bits per heavy atom. The third-order valence-corrected chi connectivity index (χ3v) is 3.31. The molecule has 1 aliphatic rings. The van der Waals surface area contributed by atoms with Crippen LogP contribution >= 0.6 is 15.9 Å². The molecule has 1 rings (SSSR count). The maximum absolute atomic E-state index is 11.3. The van der Waals surface area contributed by atoms with Gasteiger partial charge in [0, 0.05) is 27.9 Å². The summed E-state index contributed by atoms with van der Waals surface area (Å²) in [7, 11) is 1.35. The predicted molar refractivity (Wildman–Crippen MR) is 71.3 cm³/mol. The van der Waals surface area contributed by atoms with E-state index in [0.717, 1.165) is 0 Å². The van der Waals surface area contributed by atoms with Crippen molar-refractivity contribution in [3.8, 4) is 0 Å². The fraction of sp³-hybridized carbons (Fsp3) is 0.750. The fourth-order valence-corrected chi connectivity index (χ4v) is 2.54. The summed E-state index contributed by atoms with van der Waals surface area (Å²) in [4.78, 5) is 33.7. The first kappa shape index (κ1) is 17.9. The summed E-state index contributed by atoms with van der Waals surface area (Å²) in [5.41, 5.74) is 0. The van der Waals surface area contributed by atoms with E-state index in [9.17, 15) is 14.4 Å². The summed E-state index contributed by atoms with van der Waals surface area (Å²) in [6.45, 7) is 3.59. The lowest BCUT2D eigenvalue weighted by atomic mass is 10.0. The smallest absolute Gasteiger partial charge is 0.303 e. The van der Waals surface area contributed by atoms with Gasteiger partial charge in [-0.25, -0.2) is 0 Å². The number of rotatable bonds is 4. The van der Waals surface area contributed by atoms with Gasteiger partial charge in [0.05, 0.1) is 0 Å². The van der Waals surface area contributed by atoms with Gasteiger partial charge in [-0.05, 0) is 0 Å². The molecule has 0 aliphatic carbocycles. The molecule has 21 heavy (non-hydrogen) atoms. The van der Waals surface area contributed by atoms with Crippen LogP contribution in [0.15, 0.2) is 0 Å². The van der Waals surface area contributed by atoms with Gasteiger partial charge in [-0.3, -0.25) is 14.4 Å². The lowest BCUT2D eigenvalue weighted by molar-refractivity contribution is -0.280. The van der Waals surface area contributed by atoms with Crippen LogP contribution in [0, 0.1) is 0 Å². The summed E-state index contributed by atoms with van der Waals surface area (Å²) in [6, 6.07) is 0. The summed E-state index contributed by atoms with van der Waals surface area (Å²) in [6.07, 6.45) is -4.08. The van der Waals surface area contributed by atoms with Crippen LogP contribution in [0.3, 0.4) is 0 Å². The molecule has 5 atom stereocenters. The molecule has 0 aromatic carbocycles. The molecule has 0 aromatic heterocycles. The van der Waals surface area contributed by atoms with E-state index < -0.39 is 47.5 Å². The second kappa shape index (κ2) is 7.71. The standard InChI is InChI=1S/C12H17BrO8/c1-5(14)18-8-9(19-6(2)15)11(13)21-12(17-4)10(8)20-7(3)16/h8-12H,1-4H3/t8-,9-,10+,11+,12?/m1/s1. The number of hydrogen-bond donors (Lipinski definition) is 0. The fourth-order valence-electron chi connectivity index (χ4n) is 1.92. The Morgan fingerprint density at radius 3 is 1.71 bits per heavy atom. The molecule has 0 N–H and O–H groups in total. The van der Waals surface area contributed by atoms with Gasteiger partial charge in [0.2, 0.25) is 0 Å². The number of halogens is 1. The predicted octanol–water partition coefficient (Wildman–Crippen LogP) is 0.505. The largest absolute Gasteiger partial charge is 0.455 e. The monoisotopic (exact) mass is 368 g/mol. The Kier molecular flexibility index (Phi) is 6.56. The van der Waals surface area contributed by atoms with Crippen molar-refractivity contribution in [3.63, 3.8) is 0 Å². The van der Waals surface area contributed by atoms with Gasteiger partial charge in [-0.1, -0.05) is 15.9 Å². The van der Waals surface area contributed by atoms with E-state index in [4.69, 9.17) is 23.7 Å². The van der Waals surface area contributed by atoms with Crippen LogP contribution in [0.25, 0.3) is 0 Å². The lowest BCUT2D eigenvalue weighted by Gasteiger charge is -2.42. The molecule has 8 nitrogen and oxygen atoms in total. The maximum Gasteiger partial charge on any atom is 0.303 e. The number of esters is 3. The summed E-state index contributed by atoms with van der Waals surface area (Å²) in [5.74, 6) is -1.83. The zero-order chi connectivity index (χ0) is 16.2. The van der Waals surface area contributed by atoms with Crippen LogP contribution in [0.4, 0.5) is 0 Å². The van der Waals surface area contributed by atoms with Crippen LogP contribution in [0.1, 0.15) is 20.8 Å². The Balaban J connectivity index is 3.08. The molecule has 0 spiro atoms. The van der Waals surface area contributed by atoms with Gasteiger partial charge < -0.3 is 23.7 Å². The summed E-state index contributed by atoms with van der Waals surface area (Å²) < 4.78 is 25.8. The second-order valence-corrected chi connectivity index (χ2v) is 5.22. The van der Waals surface area contributed by atoms with Gasteiger partial charge in [-0.2, -0.15) is 0 Å². The van der Waals surface area contributed by atoms with E-state index >= 15 is 0 Å². The number of carbonyl (C=O) groups is 3. The SMILES string of the molecule is COC1O[C@H](Br)[C@H](OC(C)=O)[C@@H](OC(C)=O)[C@@H]1OC(C)=O. The highest BCUT2D eigenvalue weighted by atomic mass is 79.9. The molecule has 1 fully saturated rings. The number of alkyl halides is 1. The Hall–Kier alpha value is -1.19. The molecule has 9 heteroatoms. The number of hydrogen-bond acceptors (Lipinski definition) is 8. The molecule has 1 saturated heterocycles. The van der Waals surface area contributed by atoms with Gasteiger partial charge >= 0.3 is 17.9 Å². The molecular formula is C12H17BrO8. The third-order valence-electron chi connectivity index (χ3n) is 2.58. The normalized spacial score (nSPS) is 32.1. The minimum atomic E-state index is -1.06. The van der Waals surface area contributed by atoms with Crippen LogP contribution in [0.2, 0.25) is 0 Å². The average Bonchev–Trinajstić information content (AvgIpc) is 2.35. The van der Waals surface area contributed by atoms with Crippen LogP contribution in [0.5, 0.6) is 0 Å². The molecule has 1 unspecified atom stereocenters. The van der Waals surface area contributed by atoms with Crippen molar-refractivity contribution in [2.75, 3.05) is 7.11 Å². The molecule has 1 aliphatic heterocycles. The minimum Gasteiger partial charge on any atom is -0.455 e. The van der Waals surface area contributed by atoms with Gasteiger partial charge in [0.1, 0.15) is 0 Å². The molecule has 1 heterocycles. The van der Waals surface area contributed by atoms with Crippen molar-refractivity contribution in [1.82, 2.24) is 0 Å². The van der Waals surface area contributed by atoms with E-state index in [1.807, 2.05) is 0 Å². The van der Waals surface area contributed by atoms with Crippen LogP contribution in [-0.4, -0.2) is 54.6 Å². The Morgan fingerprint density at radius 1 is 0.857 bits per heavy atom. The van der Waals surface area contributed by atoms with E-state index in [0.29, 0.717) is 0 Å². The first-order valence-corrected chi connectivity index (χ1v) is 7.01. The molecule has 0 amide bonds. The highest BCUT2D eigenvalue weighted by molar-refractivity contribution is 9.09. The molecule has 0 saturated carbocycles. The highest BCUT2D eigenvalue weighted by Gasteiger charge is 2.51. The first-order chi connectivity index (χ1) is 9.76. The Labute approximate surface area is 130 Å². The zero-order valence-electron chi connectivity index (χ0n) is 12.0. The van der Waals surface area contributed by atoms with Gasteiger partial charge in [0.25, 0.3) is 0 Å². The van der Waals surface area contributed by atoms with Crippen molar-refractivity contribution in [1.29, 1.82) is 0 Å². The maximum atomic E-state index is 11.3. The quantitative estimate of drug-likeness (QED) is 0.402. The average molecular weight is 369 g/mol. The lowest BCUT2D eigenvalue weighted by Crippen LogP contribution is -2.60. The summed E-state index contributed by atoms with van der Waals surface area (Å²) in [5, 5.41) is -0.789. The molecule has 0 radical (unpaired) electrons. The van der Waals surface area contributed by atoms with Crippen molar-refractivity contribution in [2.24, 2.45) is 0 Å². The van der Waals surface area contributed by atoms with Crippen molar-refractivity contribution < 1.29 is 38.1 Å². The van der Waals surface area contributed by atoms with Crippen LogP contribution < -0.4 is 0 Å². The second-order valence-electron chi connectivity index (χ2n) is 4.31. The molecule has 0 bridgehead atoms. The van der Waals surface area contributed by atoms with E-state index in [1.165, 1.54) is 27.9 Å². The topological polar surface area (TPSA) is 97.4 Å². The van der Waals surface area contributed by atoms with Crippen molar-refractivity contribution in [3.05, 3.63) is 0 Å². The Bertz CT molecular complexity index is 412. The molecule has 120 valence electrons. The number of ether oxygens (including phenoxy) is 5. The molecular weight excluding hydrogens is 352 g/mol. The number of carbonyl (C=O) groups excluding carboxylic acids is 3.